The van der Waals surface area contributed by atoms with Crippen molar-refractivity contribution in [3.05, 3.63) is 47.7 Å². The zero-order valence-corrected chi connectivity index (χ0v) is 13.3. The van der Waals surface area contributed by atoms with Crippen LogP contribution in [-0.2, 0) is 11.3 Å². The molecule has 1 saturated heterocycles. The predicted octanol–water partition coefficient (Wildman–Crippen LogP) is 2.01. The normalized spacial score (nSPS) is 17.4. The summed E-state index contributed by atoms with van der Waals surface area (Å²) in [5.41, 5.74) is 2.36. The number of carbonyl (C=O) groups excluding carboxylic acids is 1. The van der Waals surface area contributed by atoms with Crippen molar-refractivity contribution in [2.24, 2.45) is 0 Å². The lowest BCUT2D eigenvalue weighted by atomic mass is 10.1. The Labute approximate surface area is 135 Å². The Hall–Kier alpha value is -2.63. The molecule has 0 radical (unpaired) electrons. The van der Waals surface area contributed by atoms with Crippen molar-refractivity contribution < 1.29 is 9.53 Å². The zero-order chi connectivity index (χ0) is 16.2. The fourth-order valence-electron chi connectivity index (χ4n) is 2.62. The van der Waals surface area contributed by atoms with Gasteiger partial charge in [-0.05, 0) is 18.9 Å². The number of hydrogen-bond acceptors (Lipinski definition) is 5. The van der Waals surface area contributed by atoms with Crippen LogP contribution in [0.25, 0.3) is 0 Å². The van der Waals surface area contributed by atoms with Gasteiger partial charge in [-0.25, -0.2) is 4.98 Å². The summed E-state index contributed by atoms with van der Waals surface area (Å²) in [7, 11) is 1.55. The van der Waals surface area contributed by atoms with Crippen molar-refractivity contribution in [2.45, 2.75) is 25.9 Å². The number of hydrogen-bond donors (Lipinski definition) is 1. The number of ether oxygens (including phenoxy) is 1. The van der Waals surface area contributed by atoms with Crippen LogP contribution in [0.4, 0.5) is 5.95 Å². The highest BCUT2D eigenvalue weighted by atomic mass is 16.5. The first-order valence-electron chi connectivity index (χ1n) is 7.63. The number of methoxy groups -OCH3 is 1. The number of rotatable bonds is 5. The summed E-state index contributed by atoms with van der Waals surface area (Å²) >= 11 is 0. The van der Waals surface area contributed by atoms with E-state index in [0.29, 0.717) is 18.4 Å². The van der Waals surface area contributed by atoms with Crippen molar-refractivity contribution in [1.82, 2.24) is 14.9 Å². The maximum atomic E-state index is 12.5. The minimum absolute atomic E-state index is 0.0806. The van der Waals surface area contributed by atoms with Gasteiger partial charge in [-0.15, -0.1) is 0 Å². The van der Waals surface area contributed by atoms with Crippen LogP contribution in [0.3, 0.4) is 0 Å². The lowest BCUT2D eigenvalue weighted by molar-refractivity contribution is -0.128. The lowest BCUT2D eigenvalue weighted by Gasteiger charge is -2.17. The SMILES string of the molecule is COc1ccnc(NC2CCN(Cc3ccc(C)cc3)C2=O)n1. The largest absolute Gasteiger partial charge is 0.481 e. The van der Waals surface area contributed by atoms with Crippen molar-refractivity contribution in [1.29, 1.82) is 0 Å². The molecule has 23 heavy (non-hydrogen) atoms. The second-order valence-corrected chi connectivity index (χ2v) is 5.65. The number of amides is 1. The van der Waals surface area contributed by atoms with Crippen molar-refractivity contribution >= 4 is 11.9 Å². The molecule has 1 unspecified atom stereocenters. The van der Waals surface area contributed by atoms with Crippen LogP contribution in [0, 0.1) is 6.92 Å². The summed E-state index contributed by atoms with van der Waals surface area (Å²) in [4.78, 5) is 22.7. The van der Waals surface area contributed by atoms with Gasteiger partial charge in [-0.2, -0.15) is 4.98 Å². The van der Waals surface area contributed by atoms with Crippen LogP contribution in [0.15, 0.2) is 36.5 Å². The van der Waals surface area contributed by atoms with Gasteiger partial charge in [0.05, 0.1) is 7.11 Å². The number of anilines is 1. The van der Waals surface area contributed by atoms with Gasteiger partial charge in [-0.3, -0.25) is 4.79 Å². The van der Waals surface area contributed by atoms with E-state index in [1.807, 2.05) is 4.90 Å². The van der Waals surface area contributed by atoms with E-state index < -0.39 is 0 Å². The first kappa shape index (κ1) is 15.3. The standard InChI is InChI=1S/C17H20N4O2/c1-12-3-5-13(6-4-12)11-21-10-8-14(16(21)22)19-17-18-9-7-15(20-17)23-2/h3-7,9,14H,8,10-11H2,1-2H3,(H,18,19,20). The molecule has 1 aromatic heterocycles. The summed E-state index contributed by atoms with van der Waals surface area (Å²) in [5.74, 6) is 0.973. The number of aromatic nitrogens is 2. The van der Waals surface area contributed by atoms with Crippen molar-refractivity contribution in [3.63, 3.8) is 0 Å². The Morgan fingerprint density at radius 2 is 2.09 bits per heavy atom. The monoisotopic (exact) mass is 312 g/mol. The highest BCUT2D eigenvalue weighted by Crippen LogP contribution is 2.18. The zero-order valence-electron chi connectivity index (χ0n) is 13.3. The van der Waals surface area contributed by atoms with E-state index in [0.717, 1.165) is 18.5 Å². The molecule has 1 N–H and O–H groups in total. The summed E-state index contributed by atoms with van der Waals surface area (Å²) in [6.45, 7) is 3.42. The Bertz CT molecular complexity index is 687. The van der Waals surface area contributed by atoms with Gasteiger partial charge in [-0.1, -0.05) is 29.8 Å². The molecule has 1 atom stereocenters. The molecule has 0 spiro atoms. The Morgan fingerprint density at radius 3 is 2.83 bits per heavy atom. The molecule has 1 aromatic carbocycles. The third-order valence-electron chi connectivity index (χ3n) is 3.93. The highest BCUT2D eigenvalue weighted by molar-refractivity contribution is 5.86. The quantitative estimate of drug-likeness (QED) is 0.915. The van der Waals surface area contributed by atoms with Gasteiger partial charge in [0.15, 0.2) is 0 Å². The third-order valence-corrected chi connectivity index (χ3v) is 3.93. The number of benzene rings is 1. The van der Waals surface area contributed by atoms with Crippen LogP contribution in [-0.4, -0.2) is 40.5 Å². The van der Waals surface area contributed by atoms with E-state index >= 15 is 0 Å². The van der Waals surface area contributed by atoms with E-state index in [9.17, 15) is 4.79 Å². The van der Waals surface area contributed by atoms with Gasteiger partial charge < -0.3 is 15.0 Å². The maximum absolute atomic E-state index is 12.5. The van der Waals surface area contributed by atoms with Crippen LogP contribution < -0.4 is 10.1 Å². The van der Waals surface area contributed by atoms with Crippen LogP contribution in [0.1, 0.15) is 17.5 Å². The lowest BCUT2D eigenvalue weighted by Crippen LogP contribution is -2.33. The van der Waals surface area contributed by atoms with E-state index in [4.69, 9.17) is 4.74 Å². The van der Waals surface area contributed by atoms with E-state index in [1.165, 1.54) is 5.56 Å². The van der Waals surface area contributed by atoms with Crippen LogP contribution in [0.5, 0.6) is 5.88 Å². The van der Waals surface area contributed by atoms with E-state index in [1.54, 1.807) is 19.4 Å². The molecule has 120 valence electrons. The molecule has 0 aliphatic carbocycles. The number of carbonyl (C=O) groups is 1. The molecule has 3 rings (SSSR count). The smallest absolute Gasteiger partial charge is 0.245 e. The molecule has 1 fully saturated rings. The van der Waals surface area contributed by atoms with Gasteiger partial charge in [0.25, 0.3) is 0 Å². The van der Waals surface area contributed by atoms with Crippen LogP contribution in [0.2, 0.25) is 0 Å². The Balaban J connectivity index is 1.63. The summed E-state index contributed by atoms with van der Waals surface area (Å²) in [6, 6.07) is 9.65. The third kappa shape index (κ3) is 3.59. The van der Waals surface area contributed by atoms with E-state index in [-0.39, 0.29) is 11.9 Å². The second-order valence-electron chi connectivity index (χ2n) is 5.65. The fraction of sp³-hybridized carbons (Fsp3) is 0.353. The van der Waals surface area contributed by atoms with Gasteiger partial charge in [0.2, 0.25) is 17.7 Å². The summed E-state index contributed by atoms with van der Waals surface area (Å²) < 4.78 is 5.07. The van der Waals surface area contributed by atoms with Gasteiger partial charge >= 0.3 is 0 Å². The molecular formula is C17H20N4O2. The molecule has 0 saturated carbocycles. The minimum atomic E-state index is -0.285. The second kappa shape index (κ2) is 6.64. The predicted molar refractivity (Wildman–Crippen MR) is 87.2 cm³/mol. The molecule has 0 bridgehead atoms. The maximum Gasteiger partial charge on any atom is 0.245 e. The Kier molecular flexibility index (Phi) is 4.41. The van der Waals surface area contributed by atoms with Crippen molar-refractivity contribution in [2.75, 3.05) is 19.0 Å². The molecule has 2 heterocycles. The summed E-state index contributed by atoms with van der Waals surface area (Å²) in [6.07, 6.45) is 2.35. The first-order valence-corrected chi connectivity index (χ1v) is 7.63. The molecule has 1 amide bonds. The van der Waals surface area contributed by atoms with Gasteiger partial charge in [0, 0.05) is 25.4 Å². The minimum Gasteiger partial charge on any atom is -0.481 e. The van der Waals surface area contributed by atoms with Crippen LogP contribution >= 0.6 is 0 Å². The number of nitrogens with zero attached hydrogens (tertiary/aromatic N) is 3. The molecule has 1 aliphatic rings. The molecule has 6 heteroatoms. The molecule has 6 nitrogen and oxygen atoms in total. The number of nitrogens with one attached hydrogen (secondary N) is 1. The fourth-order valence-corrected chi connectivity index (χ4v) is 2.62. The number of aryl methyl sites for hydroxylation is 1. The average molecular weight is 312 g/mol. The average Bonchev–Trinajstić information content (AvgIpc) is 2.90. The molecular weight excluding hydrogens is 292 g/mol. The highest BCUT2D eigenvalue weighted by Gasteiger charge is 2.32. The summed E-state index contributed by atoms with van der Waals surface area (Å²) in [5, 5.41) is 3.10. The molecule has 1 aliphatic heterocycles. The topological polar surface area (TPSA) is 67.3 Å². The number of likely N-dealkylation sites (tertiary alicyclic amines) is 1. The van der Waals surface area contributed by atoms with Gasteiger partial charge in [0.1, 0.15) is 6.04 Å². The Morgan fingerprint density at radius 1 is 1.30 bits per heavy atom. The van der Waals surface area contributed by atoms with Crippen molar-refractivity contribution in [3.8, 4) is 5.88 Å². The molecule has 2 aromatic rings. The van der Waals surface area contributed by atoms with E-state index in [2.05, 4.69) is 46.5 Å². The first-order chi connectivity index (χ1) is 11.2.